The summed E-state index contributed by atoms with van der Waals surface area (Å²) in [7, 11) is 2.91. The first-order valence-electron chi connectivity index (χ1n) is 14.8. The van der Waals surface area contributed by atoms with Crippen LogP contribution in [0.1, 0.15) is 45.1 Å². The largest absolute Gasteiger partial charge is 0.491 e. The van der Waals surface area contributed by atoms with Crippen molar-refractivity contribution in [3.8, 4) is 28.4 Å². The fourth-order valence-corrected chi connectivity index (χ4v) is 5.36. The number of carbonyl (C=O) groups excluding carboxylic acids is 2. The van der Waals surface area contributed by atoms with E-state index >= 15 is 0 Å². The van der Waals surface area contributed by atoms with E-state index in [4.69, 9.17) is 51.9 Å². The number of nitrogens with one attached hydrogen (secondary N) is 1. The molecule has 46 heavy (non-hydrogen) atoms. The number of carbonyl (C=O) groups is 2. The van der Waals surface area contributed by atoms with Crippen molar-refractivity contribution in [1.82, 2.24) is 24.9 Å². The van der Waals surface area contributed by atoms with Crippen LogP contribution in [-0.4, -0.2) is 100 Å². The van der Waals surface area contributed by atoms with Gasteiger partial charge in [0.05, 0.1) is 29.9 Å². The number of methoxy groups -OCH3 is 1. The van der Waals surface area contributed by atoms with Gasteiger partial charge in [0.15, 0.2) is 5.82 Å². The quantitative estimate of drug-likeness (QED) is 0.275. The van der Waals surface area contributed by atoms with Crippen LogP contribution in [0.4, 0.5) is 15.4 Å². The number of hydrogen-bond acceptors (Lipinski definition) is 11. The number of halogens is 2. The third-order valence-electron chi connectivity index (χ3n) is 7.20. The zero-order valence-electron chi connectivity index (χ0n) is 27.0. The molecule has 13 nitrogen and oxygen atoms in total. The van der Waals surface area contributed by atoms with Crippen LogP contribution in [0.3, 0.4) is 0 Å². The molecular formula is C31H40Cl2N6O7. The summed E-state index contributed by atoms with van der Waals surface area (Å²) in [5.41, 5.74) is 1.47. The molecule has 0 bridgehead atoms. The van der Waals surface area contributed by atoms with Crippen LogP contribution in [0.15, 0.2) is 22.7 Å². The second-order valence-corrected chi connectivity index (χ2v) is 12.9. The molecule has 0 radical (unpaired) electrons. The molecule has 4 rings (SSSR count). The Morgan fingerprint density at radius 2 is 1.89 bits per heavy atom. The van der Waals surface area contributed by atoms with E-state index in [1.165, 1.54) is 12.0 Å². The lowest BCUT2D eigenvalue weighted by molar-refractivity contribution is 0.0154. The topological polar surface area (TPSA) is 152 Å². The highest BCUT2D eigenvalue weighted by atomic mass is 35.5. The number of ether oxygens (including phenoxy) is 3. The van der Waals surface area contributed by atoms with Crippen LogP contribution in [0.2, 0.25) is 10.0 Å². The van der Waals surface area contributed by atoms with Crippen LogP contribution in [-0.2, 0) is 9.47 Å². The molecule has 250 valence electrons. The fraction of sp³-hybridized carbons (Fsp3) is 0.516. The lowest BCUT2D eigenvalue weighted by atomic mass is 10.0. The number of aliphatic hydroxyl groups excluding tert-OH is 1. The SMILES string of the molecule is COC(=O)N1CCC(Nc2nc(-c3cc(OCC(O)CN(C)C(=O)OC(C)(C)C)ccc3Cl)nc(-c3c(C)noc3C)c2Cl)CC1. The van der Waals surface area contributed by atoms with Crippen LogP contribution in [0, 0.1) is 13.8 Å². The van der Waals surface area contributed by atoms with Crippen LogP contribution in [0.25, 0.3) is 22.6 Å². The van der Waals surface area contributed by atoms with E-state index in [1.54, 1.807) is 64.8 Å². The smallest absolute Gasteiger partial charge is 0.410 e. The summed E-state index contributed by atoms with van der Waals surface area (Å²) >= 11 is 13.6. The minimum absolute atomic E-state index is 0.00401. The standard InChI is InChI=1S/C31H40Cl2N6O7/c1-17-24(18(2)46-37-17)26-25(33)28(34-19-10-12-39(13-11-19)30(42)43-7)36-27(35-26)22-14-21(8-9-23(22)32)44-16-20(40)15-38(6)29(41)45-31(3,4)5/h8-9,14,19-20,40H,10-13,15-16H2,1-7H3,(H,34,35,36). The number of anilines is 1. The molecule has 1 aliphatic heterocycles. The van der Waals surface area contributed by atoms with E-state index in [0.29, 0.717) is 70.8 Å². The zero-order valence-corrected chi connectivity index (χ0v) is 28.5. The molecule has 2 N–H and O–H groups in total. The van der Waals surface area contributed by atoms with Gasteiger partial charge in [-0.3, -0.25) is 0 Å². The Balaban J connectivity index is 1.59. The maximum absolute atomic E-state index is 12.3. The number of nitrogens with zero attached hydrogens (tertiary/aromatic N) is 5. The maximum Gasteiger partial charge on any atom is 0.410 e. The van der Waals surface area contributed by atoms with Gasteiger partial charge in [-0.05, 0) is 65.7 Å². The van der Waals surface area contributed by atoms with Gasteiger partial charge in [-0.25, -0.2) is 19.6 Å². The molecule has 0 aliphatic carbocycles. The molecule has 1 aromatic carbocycles. The number of rotatable bonds is 9. The Kier molecular flexibility index (Phi) is 11.2. The van der Waals surface area contributed by atoms with Gasteiger partial charge < -0.3 is 39.0 Å². The Bertz CT molecular complexity index is 1530. The number of amides is 2. The van der Waals surface area contributed by atoms with E-state index in [1.807, 2.05) is 0 Å². The van der Waals surface area contributed by atoms with Crippen LogP contribution in [0.5, 0.6) is 5.75 Å². The number of aryl methyl sites for hydroxylation is 2. The number of aromatic nitrogens is 3. The van der Waals surface area contributed by atoms with Gasteiger partial charge in [-0.15, -0.1) is 0 Å². The first-order valence-corrected chi connectivity index (χ1v) is 15.6. The van der Waals surface area contributed by atoms with Crippen LogP contribution < -0.4 is 10.1 Å². The lowest BCUT2D eigenvalue weighted by Crippen LogP contribution is -2.42. The highest BCUT2D eigenvalue weighted by Crippen LogP contribution is 2.39. The van der Waals surface area contributed by atoms with Gasteiger partial charge >= 0.3 is 12.2 Å². The Morgan fingerprint density at radius 3 is 2.50 bits per heavy atom. The summed E-state index contributed by atoms with van der Waals surface area (Å²) in [6, 6.07) is 4.96. The Labute approximate surface area is 278 Å². The number of likely N-dealkylation sites (tertiary alicyclic amines) is 1. The summed E-state index contributed by atoms with van der Waals surface area (Å²) in [5, 5.41) is 18.7. The van der Waals surface area contributed by atoms with Gasteiger partial charge in [0.2, 0.25) is 0 Å². The normalized spacial score (nSPS) is 14.5. The fourth-order valence-electron chi connectivity index (χ4n) is 4.92. The minimum atomic E-state index is -0.990. The third-order valence-corrected chi connectivity index (χ3v) is 7.89. The van der Waals surface area contributed by atoms with E-state index < -0.39 is 17.8 Å². The van der Waals surface area contributed by atoms with E-state index in [-0.39, 0.29) is 36.1 Å². The van der Waals surface area contributed by atoms with Gasteiger partial charge in [0, 0.05) is 31.7 Å². The second kappa shape index (κ2) is 14.7. The molecule has 2 amide bonds. The van der Waals surface area contributed by atoms with E-state index in [9.17, 15) is 14.7 Å². The van der Waals surface area contributed by atoms with Crippen LogP contribution >= 0.6 is 23.2 Å². The molecular weight excluding hydrogens is 639 g/mol. The molecule has 1 aliphatic rings. The molecule has 0 saturated carbocycles. The van der Waals surface area contributed by atoms with Gasteiger partial charge in [-0.1, -0.05) is 28.4 Å². The monoisotopic (exact) mass is 678 g/mol. The summed E-state index contributed by atoms with van der Waals surface area (Å²) in [5.74, 6) is 1.60. The summed E-state index contributed by atoms with van der Waals surface area (Å²) < 4.78 is 21.5. The van der Waals surface area contributed by atoms with E-state index in [2.05, 4.69) is 10.5 Å². The predicted octanol–water partition coefficient (Wildman–Crippen LogP) is 5.97. The molecule has 3 heterocycles. The highest BCUT2D eigenvalue weighted by Gasteiger charge is 2.27. The first-order chi connectivity index (χ1) is 21.7. The predicted molar refractivity (Wildman–Crippen MR) is 173 cm³/mol. The van der Waals surface area contributed by atoms with Crippen molar-refractivity contribution in [3.63, 3.8) is 0 Å². The molecule has 1 unspecified atom stereocenters. The van der Waals surface area contributed by atoms with Gasteiger partial charge in [0.25, 0.3) is 0 Å². The maximum atomic E-state index is 12.3. The molecule has 1 atom stereocenters. The van der Waals surface area contributed by atoms with Crippen molar-refractivity contribution in [2.24, 2.45) is 0 Å². The van der Waals surface area contributed by atoms with Gasteiger partial charge in [0.1, 0.15) is 46.4 Å². The number of likely N-dealkylation sites (N-methyl/N-ethyl adjacent to an activating group) is 1. The van der Waals surface area contributed by atoms with Crippen molar-refractivity contribution >= 4 is 41.2 Å². The number of piperidine rings is 1. The number of hydrogen-bond donors (Lipinski definition) is 2. The molecule has 15 heteroatoms. The van der Waals surface area contributed by atoms with Crippen molar-refractivity contribution in [1.29, 1.82) is 0 Å². The summed E-state index contributed by atoms with van der Waals surface area (Å²) in [6.07, 6.45) is -0.591. The highest BCUT2D eigenvalue weighted by molar-refractivity contribution is 6.35. The second-order valence-electron chi connectivity index (χ2n) is 12.1. The number of aliphatic hydroxyl groups is 1. The third kappa shape index (κ3) is 8.71. The first kappa shape index (κ1) is 35.1. The number of benzene rings is 1. The molecule has 3 aromatic rings. The molecule has 0 spiro atoms. The summed E-state index contributed by atoms with van der Waals surface area (Å²) in [4.78, 5) is 36.7. The molecule has 1 fully saturated rings. The minimum Gasteiger partial charge on any atom is -0.491 e. The van der Waals surface area contributed by atoms with Crippen molar-refractivity contribution < 1.29 is 33.4 Å². The van der Waals surface area contributed by atoms with Crippen molar-refractivity contribution in [3.05, 3.63) is 39.7 Å². The average molecular weight is 680 g/mol. The molecule has 2 aromatic heterocycles. The lowest BCUT2D eigenvalue weighted by Gasteiger charge is -2.31. The van der Waals surface area contributed by atoms with Gasteiger partial charge in [-0.2, -0.15) is 0 Å². The Morgan fingerprint density at radius 1 is 1.20 bits per heavy atom. The zero-order chi connectivity index (χ0) is 33.8. The molecule has 1 saturated heterocycles. The average Bonchev–Trinajstić information content (AvgIpc) is 3.34. The summed E-state index contributed by atoms with van der Waals surface area (Å²) in [6.45, 7) is 9.82. The van der Waals surface area contributed by atoms with Crippen molar-refractivity contribution in [2.45, 2.75) is 65.2 Å². The van der Waals surface area contributed by atoms with Crippen molar-refractivity contribution in [2.75, 3.05) is 45.7 Å². The van der Waals surface area contributed by atoms with E-state index in [0.717, 1.165) is 0 Å². The Hall–Kier alpha value is -3.81.